The van der Waals surface area contributed by atoms with Crippen LogP contribution in [0.15, 0.2) is 24.3 Å². The lowest BCUT2D eigenvalue weighted by molar-refractivity contribution is -0.137. The maximum absolute atomic E-state index is 12.4. The van der Waals surface area contributed by atoms with Crippen LogP contribution in [0.4, 0.5) is 13.2 Å². The van der Waals surface area contributed by atoms with E-state index < -0.39 is 23.9 Å². The molecule has 1 fully saturated rings. The van der Waals surface area contributed by atoms with Gasteiger partial charge < -0.3 is 15.2 Å². The highest BCUT2D eigenvalue weighted by molar-refractivity contribution is 5.85. The zero-order chi connectivity index (χ0) is 12.5. The predicted molar refractivity (Wildman–Crippen MR) is 62.0 cm³/mol. The number of β-amino-alcohol motifs (C(OH)–C–C–N with tert-alkyl or cyclic N) is 1. The van der Waals surface area contributed by atoms with Crippen LogP contribution >= 0.6 is 12.4 Å². The largest absolute Gasteiger partial charge is 0.486 e. The van der Waals surface area contributed by atoms with Crippen LogP contribution in [0.25, 0.3) is 0 Å². The van der Waals surface area contributed by atoms with E-state index in [-0.39, 0.29) is 18.2 Å². The standard InChI is InChI=1S/C11H12F3NO2.ClH/c12-11(13,14)7-2-1-3-8(4-7)17-10-6-15-5-9(10)16;/h1-4,9-10,15-16H,5-6H2;1H/t9-,10-;/m1./s1. The van der Waals surface area contributed by atoms with E-state index >= 15 is 0 Å². The van der Waals surface area contributed by atoms with Gasteiger partial charge in [-0.1, -0.05) is 6.07 Å². The molecule has 1 aliphatic heterocycles. The number of hydrogen-bond acceptors (Lipinski definition) is 3. The lowest BCUT2D eigenvalue weighted by atomic mass is 10.2. The SMILES string of the molecule is Cl.O[C@@H]1CNC[C@H]1Oc1cccc(C(F)(F)F)c1. The molecule has 2 atom stereocenters. The molecule has 1 saturated heterocycles. The van der Waals surface area contributed by atoms with Crippen LogP contribution in [0.2, 0.25) is 0 Å². The van der Waals surface area contributed by atoms with Gasteiger partial charge in [-0.15, -0.1) is 12.4 Å². The van der Waals surface area contributed by atoms with E-state index in [1.54, 1.807) is 0 Å². The Morgan fingerprint density at radius 3 is 2.56 bits per heavy atom. The van der Waals surface area contributed by atoms with Crippen molar-refractivity contribution in [1.29, 1.82) is 0 Å². The second-order valence-corrected chi connectivity index (χ2v) is 3.91. The average molecular weight is 284 g/mol. The molecule has 0 aromatic heterocycles. The third kappa shape index (κ3) is 3.51. The van der Waals surface area contributed by atoms with Crippen molar-refractivity contribution >= 4 is 12.4 Å². The summed E-state index contributed by atoms with van der Waals surface area (Å²) in [6.45, 7) is 0.820. The van der Waals surface area contributed by atoms with Crippen molar-refractivity contribution in [2.24, 2.45) is 0 Å². The lowest BCUT2D eigenvalue weighted by Gasteiger charge is -2.17. The Bertz CT molecular complexity index is 400. The molecule has 18 heavy (non-hydrogen) atoms. The normalized spacial score (nSPS) is 23.6. The van der Waals surface area contributed by atoms with Gasteiger partial charge >= 0.3 is 6.18 Å². The number of alkyl halides is 3. The smallest absolute Gasteiger partial charge is 0.416 e. The van der Waals surface area contributed by atoms with E-state index in [0.717, 1.165) is 12.1 Å². The van der Waals surface area contributed by atoms with Crippen LogP contribution in [0.1, 0.15) is 5.56 Å². The van der Waals surface area contributed by atoms with Crippen molar-refractivity contribution in [3.63, 3.8) is 0 Å². The summed E-state index contributed by atoms with van der Waals surface area (Å²) in [5.74, 6) is 0.118. The Balaban J connectivity index is 0.00000162. The third-order valence-electron chi connectivity index (χ3n) is 2.58. The third-order valence-corrected chi connectivity index (χ3v) is 2.58. The summed E-state index contributed by atoms with van der Waals surface area (Å²) in [5.41, 5.74) is -0.754. The fourth-order valence-corrected chi connectivity index (χ4v) is 1.68. The monoisotopic (exact) mass is 283 g/mol. The van der Waals surface area contributed by atoms with Gasteiger partial charge in [0.2, 0.25) is 0 Å². The Morgan fingerprint density at radius 1 is 1.28 bits per heavy atom. The molecule has 1 heterocycles. The number of halogens is 4. The summed E-state index contributed by atoms with van der Waals surface area (Å²) in [6.07, 6.45) is -5.57. The number of aliphatic hydroxyl groups is 1. The Hall–Kier alpha value is -0.980. The molecule has 0 spiro atoms. The van der Waals surface area contributed by atoms with Gasteiger partial charge in [0.1, 0.15) is 18.0 Å². The Kier molecular flexibility index (Phi) is 4.84. The van der Waals surface area contributed by atoms with Gasteiger partial charge in [0.05, 0.1) is 5.56 Å². The summed E-state index contributed by atoms with van der Waals surface area (Å²) in [5, 5.41) is 12.4. The second kappa shape index (κ2) is 5.77. The zero-order valence-electron chi connectivity index (χ0n) is 9.28. The van der Waals surface area contributed by atoms with Crippen LogP contribution in [-0.4, -0.2) is 30.4 Å². The second-order valence-electron chi connectivity index (χ2n) is 3.91. The summed E-state index contributed by atoms with van der Waals surface area (Å²) < 4.78 is 42.6. The predicted octanol–water partition coefficient (Wildman–Crippen LogP) is 1.84. The molecular weight excluding hydrogens is 271 g/mol. The van der Waals surface area contributed by atoms with Crippen LogP contribution in [0.5, 0.6) is 5.75 Å². The molecule has 2 N–H and O–H groups in total. The fourth-order valence-electron chi connectivity index (χ4n) is 1.68. The molecule has 1 aromatic carbocycles. The van der Waals surface area contributed by atoms with Gasteiger partial charge in [-0.05, 0) is 18.2 Å². The summed E-state index contributed by atoms with van der Waals surface area (Å²) >= 11 is 0. The molecule has 0 unspecified atom stereocenters. The molecule has 7 heteroatoms. The van der Waals surface area contributed by atoms with E-state index in [0.29, 0.717) is 13.1 Å². The Labute approximate surface area is 108 Å². The van der Waals surface area contributed by atoms with Crippen LogP contribution in [0, 0.1) is 0 Å². The highest BCUT2D eigenvalue weighted by Crippen LogP contribution is 2.31. The average Bonchev–Trinajstić information content (AvgIpc) is 2.64. The molecule has 102 valence electrons. The molecule has 0 saturated carbocycles. The molecule has 0 bridgehead atoms. The zero-order valence-corrected chi connectivity index (χ0v) is 10.1. The van der Waals surface area contributed by atoms with E-state index in [2.05, 4.69) is 5.32 Å². The quantitative estimate of drug-likeness (QED) is 0.870. The first kappa shape index (κ1) is 15.1. The van der Waals surface area contributed by atoms with Crippen molar-refractivity contribution in [2.45, 2.75) is 18.4 Å². The number of nitrogens with one attached hydrogen (secondary N) is 1. The van der Waals surface area contributed by atoms with Gasteiger partial charge in [0.15, 0.2) is 0 Å². The first-order chi connectivity index (χ1) is 7.97. The van der Waals surface area contributed by atoms with Crippen LogP contribution in [-0.2, 0) is 6.18 Å². The van der Waals surface area contributed by atoms with Gasteiger partial charge in [0, 0.05) is 13.1 Å². The maximum atomic E-state index is 12.4. The van der Waals surface area contributed by atoms with E-state index in [1.807, 2.05) is 0 Å². The molecule has 1 aromatic rings. The number of rotatable bonds is 2. The molecular formula is C11H13ClF3NO2. The van der Waals surface area contributed by atoms with Crippen molar-refractivity contribution in [3.05, 3.63) is 29.8 Å². The first-order valence-corrected chi connectivity index (χ1v) is 5.19. The van der Waals surface area contributed by atoms with Gasteiger partial charge in [-0.3, -0.25) is 0 Å². The minimum Gasteiger partial charge on any atom is -0.486 e. The van der Waals surface area contributed by atoms with E-state index in [1.165, 1.54) is 12.1 Å². The van der Waals surface area contributed by atoms with Crippen molar-refractivity contribution in [2.75, 3.05) is 13.1 Å². The van der Waals surface area contributed by atoms with Crippen molar-refractivity contribution < 1.29 is 23.0 Å². The van der Waals surface area contributed by atoms with Gasteiger partial charge in [-0.2, -0.15) is 13.2 Å². The number of aliphatic hydroxyl groups excluding tert-OH is 1. The molecule has 2 rings (SSSR count). The molecule has 0 amide bonds. The van der Waals surface area contributed by atoms with E-state index in [4.69, 9.17) is 4.74 Å². The Morgan fingerprint density at radius 2 is 2.00 bits per heavy atom. The highest BCUT2D eigenvalue weighted by atomic mass is 35.5. The van der Waals surface area contributed by atoms with Gasteiger partial charge in [0.25, 0.3) is 0 Å². The number of ether oxygens (including phenoxy) is 1. The molecule has 0 aliphatic carbocycles. The van der Waals surface area contributed by atoms with Crippen molar-refractivity contribution in [1.82, 2.24) is 5.32 Å². The van der Waals surface area contributed by atoms with Crippen molar-refractivity contribution in [3.8, 4) is 5.75 Å². The minimum absolute atomic E-state index is 0. The molecule has 3 nitrogen and oxygen atoms in total. The molecule has 1 aliphatic rings. The summed E-state index contributed by atoms with van der Waals surface area (Å²) in [6, 6.07) is 4.65. The maximum Gasteiger partial charge on any atom is 0.416 e. The van der Waals surface area contributed by atoms with E-state index in [9.17, 15) is 18.3 Å². The molecule has 0 radical (unpaired) electrons. The minimum atomic E-state index is -4.38. The summed E-state index contributed by atoms with van der Waals surface area (Å²) in [7, 11) is 0. The van der Waals surface area contributed by atoms with Crippen LogP contribution in [0.3, 0.4) is 0 Å². The first-order valence-electron chi connectivity index (χ1n) is 5.19. The number of benzene rings is 1. The highest BCUT2D eigenvalue weighted by Gasteiger charge is 2.31. The topological polar surface area (TPSA) is 41.5 Å². The summed E-state index contributed by atoms with van der Waals surface area (Å²) in [4.78, 5) is 0. The van der Waals surface area contributed by atoms with Crippen LogP contribution < -0.4 is 10.1 Å². The fraction of sp³-hybridized carbons (Fsp3) is 0.455. The lowest BCUT2D eigenvalue weighted by Crippen LogP contribution is -2.29. The van der Waals surface area contributed by atoms with Gasteiger partial charge in [-0.25, -0.2) is 0 Å². The number of hydrogen-bond donors (Lipinski definition) is 2.